The van der Waals surface area contributed by atoms with Gasteiger partial charge in [0, 0.05) is 26.3 Å². The van der Waals surface area contributed by atoms with Gasteiger partial charge in [0.05, 0.1) is 11.8 Å². The van der Waals surface area contributed by atoms with Crippen LogP contribution in [-0.2, 0) is 7.05 Å². The molecule has 14 heavy (non-hydrogen) atoms. The lowest BCUT2D eigenvalue weighted by Crippen LogP contribution is -2.49. The van der Waals surface area contributed by atoms with E-state index in [2.05, 4.69) is 12.0 Å². The van der Waals surface area contributed by atoms with Gasteiger partial charge in [0.1, 0.15) is 0 Å². The minimum absolute atomic E-state index is 0.114. The van der Waals surface area contributed by atoms with Gasteiger partial charge in [0.2, 0.25) is 0 Å². The van der Waals surface area contributed by atoms with E-state index < -0.39 is 0 Å². The van der Waals surface area contributed by atoms with Crippen molar-refractivity contribution in [3.05, 3.63) is 18.0 Å². The van der Waals surface area contributed by atoms with Crippen LogP contribution in [0.2, 0.25) is 0 Å². The molecule has 0 N–H and O–H groups in total. The fraction of sp³-hybridized carbons (Fsp3) is 0.600. The summed E-state index contributed by atoms with van der Waals surface area (Å²) in [6, 6.07) is 0. The molecule has 0 aliphatic carbocycles. The molecule has 0 radical (unpaired) electrons. The summed E-state index contributed by atoms with van der Waals surface area (Å²) < 4.78 is 1.66. The van der Waals surface area contributed by atoms with Crippen molar-refractivity contribution < 1.29 is 4.79 Å². The van der Waals surface area contributed by atoms with Gasteiger partial charge in [-0.05, 0) is 12.3 Å². The van der Waals surface area contributed by atoms with Crippen molar-refractivity contribution in [1.29, 1.82) is 0 Å². The number of likely N-dealkylation sites (tertiary alicyclic amines) is 1. The zero-order valence-corrected chi connectivity index (χ0v) is 8.60. The molecule has 0 saturated carbocycles. The van der Waals surface area contributed by atoms with E-state index in [0.29, 0.717) is 11.5 Å². The lowest BCUT2D eigenvalue weighted by atomic mass is 9.97. The second-order valence-electron chi connectivity index (χ2n) is 3.89. The maximum atomic E-state index is 11.8. The molecule has 4 heteroatoms. The molecule has 2 heterocycles. The molecule has 0 bridgehead atoms. The first-order chi connectivity index (χ1) is 6.70. The van der Waals surface area contributed by atoms with Crippen LogP contribution < -0.4 is 0 Å². The molecule has 1 saturated heterocycles. The first kappa shape index (κ1) is 9.24. The molecule has 1 aliphatic rings. The van der Waals surface area contributed by atoms with E-state index >= 15 is 0 Å². The Morgan fingerprint density at radius 1 is 1.64 bits per heavy atom. The van der Waals surface area contributed by atoms with E-state index in [0.717, 1.165) is 19.5 Å². The number of hydrogen-bond acceptors (Lipinski definition) is 2. The second-order valence-corrected chi connectivity index (χ2v) is 3.89. The molecule has 76 valence electrons. The number of aromatic nitrogens is 2. The summed E-state index contributed by atoms with van der Waals surface area (Å²) in [7, 11) is 1.82. The summed E-state index contributed by atoms with van der Waals surface area (Å²) in [5.74, 6) is 0.818. The maximum Gasteiger partial charge on any atom is 0.257 e. The zero-order chi connectivity index (χ0) is 10.1. The van der Waals surface area contributed by atoms with Gasteiger partial charge >= 0.3 is 0 Å². The number of rotatable bonds is 2. The third-order valence-electron chi connectivity index (χ3n) is 2.77. The molecule has 1 aliphatic heterocycles. The Kier molecular flexibility index (Phi) is 2.27. The third kappa shape index (κ3) is 1.52. The van der Waals surface area contributed by atoms with Crippen LogP contribution in [0.15, 0.2) is 12.4 Å². The van der Waals surface area contributed by atoms with Gasteiger partial charge in [0.15, 0.2) is 0 Å². The highest BCUT2D eigenvalue weighted by atomic mass is 16.2. The standard InChI is InChI=1S/C10H15N3O/c1-3-8-5-13(6-8)10(14)9-4-11-12(2)7-9/h4,7-8H,3,5-6H2,1-2H3. The Bertz CT molecular complexity index is 339. The van der Waals surface area contributed by atoms with Crippen LogP contribution in [0.3, 0.4) is 0 Å². The molecule has 2 rings (SSSR count). The minimum atomic E-state index is 0.114. The van der Waals surface area contributed by atoms with Gasteiger partial charge in [-0.15, -0.1) is 0 Å². The summed E-state index contributed by atoms with van der Waals surface area (Å²) in [5, 5.41) is 3.99. The first-order valence-electron chi connectivity index (χ1n) is 4.98. The molecule has 4 nitrogen and oxygen atoms in total. The maximum absolute atomic E-state index is 11.8. The van der Waals surface area contributed by atoms with Crippen LogP contribution in [0, 0.1) is 5.92 Å². The molecular weight excluding hydrogens is 178 g/mol. The summed E-state index contributed by atoms with van der Waals surface area (Å²) in [6.07, 6.45) is 4.56. The van der Waals surface area contributed by atoms with Crippen LogP contribution in [-0.4, -0.2) is 33.7 Å². The highest BCUT2D eigenvalue weighted by molar-refractivity contribution is 5.94. The topological polar surface area (TPSA) is 38.1 Å². The minimum Gasteiger partial charge on any atom is -0.338 e. The molecule has 1 aromatic heterocycles. The van der Waals surface area contributed by atoms with Gasteiger partial charge in [-0.1, -0.05) is 6.92 Å². The molecular formula is C10H15N3O. The zero-order valence-electron chi connectivity index (χ0n) is 8.60. The van der Waals surface area contributed by atoms with E-state index in [1.165, 1.54) is 0 Å². The van der Waals surface area contributed by atoms with E-state index in [9.17, 15) is 4.79 Å². The quantitative estimate of drug-likeness (QED) is 0.700. The molecule has 0 spiro atoms. The number of carbonyl (C=O) groups is 1. The van der Waals surface area contributed by atoms with E-state index in [-0.39, 0.29) is 5.91 Å². The molecule has 1 fully saturated rings. The van der Waals surface area contributed by atoms with Crippen molar-refractivity contribution >= 4 is 5.91 Å². The molecule has 0 unspecified atom stereocenters. The lowest BCUT2D eigenvalue weighted by molar-refractivity contribution is 0.0494. The van der Waals surface area contributed by atoms with Crippen LogP contribution in [0.5, 0.6) is 0 Å². The molecule has 1 aromatic rings. The number of hydrogen-bond donors (Lipinski definition) is 0. The van der Waals surface area contributed by atoms with Crippen LogP contribution in [0.1, 0.15) is 23.7 Å². The first-order valence-corrected chi connectivity index (χ1v) is 4.98. The molecule has 0 aromatic carbocycles. The Morgan fingerprint density at radius 2 is 2.36 bits per heavy atom. The summed E-state index contributed by atoms with van der Waals surface area (Å²) in [5.41, 5.74) is 0.696. The normalized spacial score (nSPS) is 16.9. The predicted molar refractivity (Wildman–Crippen MR) is 52.9 cm³/mol. The average molecular weight is 193 g/mol. The van der Waals surface area contributed by atoms with E-state index in [1.54, 1.807) is 17.1 Å². The predicted octanol–water partition coefficient (Wildman–Crippen LogP) is 0.902. The highest BCUT2D eigenvalue weighted by Crippen LogP contribution is 2.20. The van der Waals surface area contributed by atoms with Crippen LogP contribution in [0.4, 0.5) is 0 Å². The largest absolute Gasteiger partial charge is 0.338 e. The van der Waals surface area contributed by atoms with Crippen molar-refractivity contribution in [3.63, 3.8) is 0 Å². The van der Waals surface area contributed by atoms with Crippen molar-refractivity contribution in [1.82, 2.24) is 14.7 Å². The highest BCUT2D eigenvalue weighted by Gasteiger charge is 2.30. The fourth-order valence-corrected chi connectivity index (χ4v) is 1.71. The molecule has 0 atom stereocenters. The van der Waals surface area contributed by atoms with Crippen LogP contribution >= 0.6 is 0 Å². The number of nitrogens with zero attached hydrogens (tertiary/aromatic N) is 3. The summed E-state index contributed by atoms with van der Waals surface area (Å²) >= 11 is 0. The SMILES string of the molecule is CCC1CN(C(=O)c2cnn(C)c2)C1. The third-order valence-corrected chi connectivity index (χ3v) is 2.77. The molecule has 1 amide bonds. The van der Waals surface area contributed by atoms with Crippen molar-refractivity contribution in [2.24, 2.45) is 13.0 Å². The Morgan fingerprint density at radius 3 is 2.86 bits per heavy atom. The fourth-order valence-electron chi connectivity index (χ4n) is 1.71. The van der Waals surface area contributed by atoms with E-state index in [4.69, 9.17) is 0 Å². The Labute approximate surface area is 83.5 Å². The number of carbonyl (C=O) groups excluding carboxylic acids is 1. The van der Waals surface area contributed by atoms with Gasteiger partial charge in [0.25, 0.3) is 5.91 Å². The van der Waals surface area contributed by atoms with Crippen molar-refractivity contribution in [2.75, 3.05) is 13.1 Å². The second kappa shape index (κ2) is 3.44. The smallest absolute Gasteiger partial charge is 0.257 e. The Balaban J connectivity index is 1.97. The average Bonchev–Trinajstić information content (AvgIpc) is 2.49. The van der Waals surface area contributed by atoms with Gasteiger partial charge in [-0.25, -0.2) is 0 Å². The van der Waals surface area contributed by atoms with Gasteiger partial charge in [-0.3, -0.25) is 9.48 Å². The number of aryl methyl sites for hydroxylation is 1. The summed E-state index contributed by atoms with van der Waals surface area (Å²) in [6.45, 7) is 3.98. The van der Waals surface area contributed by atoms with Crippen molar-refractivity contribution in [3.8, 4) is 0 Å². The van der Waals surface area contributed by atoms with Crippen LogP contribution in [0.25, 0.3) is 0 Å². The Hall–Kier alpha value is -1.32. The van der Waals surface area contributed by atoms with Gasteiger partial charge < -0.3 is 4.90 Å². The summed E-state index contributed by atoms with van der Waals surface area (Å²) in [4.78, 5) is 13.7. The lowest BCUT2D eigenvalue weighted by Gasteiger charge is -2.38. The number of amides is 1. The van der Waals surface area contributed by atoms with Crippen molar-refractivity contribution in [2.45, 2.75) is 13.3 Å². The van der Waals surface area contributed by atoms with E-state index in [1.807, 2.05) is 11.9 Å². The van der Waals surface area contributed by atoms with Gasteiger partial charge in [-0.2, -0.15) is 5.10 Å². The monoisotopic (exact) mass is 193 g/mol.